The summed E-state index contributed by atoms with van der Waals surface area (Å²) in [4.78, 5) is 0. The van der Waals surface area contributed by atoms with Crippen LogP contribution in [0.2, 0.25) is 0 Å². The third-order valence-corrected chi connectivity index (χ3v) is 1.70. The Labute approximate surface area is 62.7 Å². The first-order chi connectivity index (χ1) is 4.86. The van der Waals surface area contributed by atoms with Crippen molar-refractivity contribution in [2.75, 3.05) is 0 Å². The second-order valence-corrected chi connectivity index (χ2v) is 2.61. The van der Waals surface area contributed by atoms with E-state index in [1.807, 2.05) is 0 Å². The van der Waals surface area contributed by atoms with Gasteiger partial charge in [0.05, 0.1) is 0 Å². The summed E-state index contributed by atoms with van der Waals surface area (Å²) in [5.41, 5.74) is 1.44. The second kappa shape index (κ2) is 3.45. The van der Waals surface area contributed by atoms with Gasteiger partial charge in [0.25, 0.3) is 0 Å². The highest BCUT2D eigenvalue weighted by molar-refractivity contribution is 5.09. The van der Waals surface area contributed by atoms with Crippen molar-refractivity contribution < 1.29 is 0 Å². The van der Waals surface area contributed by atoms with Gasteiger partial charge in [0.1, 0.15) is 0 Å². The lowest BCUT2D eigenvalue weighted by Gasteiger charge is -1.96. The Bertz CT molecular complexity index is 188. The zero-order chi connectivity index (χ0) is 7.40. The van der Waals surface area contributed by atoms with Gasteiger partial charge in [-0.15, -0.1) is 0 Å². The molecule has 0 aromatic carbocycles. The van der Waals surface area contributed by atoms with Crippen molar-refractivity contribution in [2.24, 2.45) is 0 Å². The average Bonchev–Trinajstić information content (AvgIpc) is 2.37. The van der Waals surface area contributed by atoms with Crippen LogP contribution in [-0.2, 0) is 13.0 Å². The fraction of sp³-hybridized carbons (Fsp3) is 0.556. The van der Waals surface area contributed by atoms with E-state index in [-0.39, 0.29) is 0 Å². The molecule has 56 valence electrons. The van der Waals surface area contributed by atoms with Crippen molar-refractivity contribution in [3.63, 3.8) is 0 Å². The molecule has 0 fully saturated rings. The SMILES string of the molecule is CCCn1ccc(CC)c1. The van der Waals surface area contributed by atoms with Gasteiger partial charge in [0.2, 0.25) is 0 Å². The lowest BCUT2D eigenvalue weighted by atomic mass is 10.3. The van der Waals surface area contributed by atoms with Gasteiger partial charge in [-0.25, -0.2) is 0 Å². The molecule has 0 spiro atoms. The number of hydrogen-bond donors (Lipinski definition) is 0. The van der Waals surface area contributed by atoms with E-state index in [1.165, 1.54) is 12.0 Å². The molecule has 1 heterocycles. The fourth-order valence-electron chi connectivity index (χ4n) is 1.10. The lowest BCUT2D eigenvalue weighted by molar-refractivity contribution is 0.681. The van der Waals surface area contributed by atoms with Gasteiger partial charge < -0.3 is 4.57 Å². The molecule has 1 aromatic rings. The predicted molar refractivity (Wildman–Crippen MR) is 44.1 cm³/mol. The summed E-state index contributed by atoms with van der Waals surface area (Å²) in [5, 5.41) is 0. The van der Waals surface area contributed by atoms with Gasteiger partial charge >= 0.3 is 0 Å². The van der Waals surface area contributed by atoms with Gasteiger partial charge in [-0.1, -0.05) is 13.8 Å². The van der Waals surface area contributed by atoms with E-state index in [2.05, 4.69) is 36.9 Å². The van der Waals surface area contributed by atoms with Gasteiger partial charge in [-0.2, -0.15) is 0 Å². The van der Waals surface area contributed by atoms with Crippen LogP contribution in [0.3, 0.4) is 0 Å². The Morgan fingerprint density at radius 1 is 1.40 bits per heavy atom. The molecule has 1 aromatic heterocycles. The molecule has 0 N–H and O–H groups in total. The molecule has 1 rings (SSSR count). The number of aromatic nitrogens is 1. The van der Waals surface area contributed by atoms with Crippen LogP contribution in [0.15, 0.2) is 18.5 Å². The van der Waals surface area contributed by atoms with Crippen molar-refractivity contribution in [3.8, 4) is 0 Å². The van der Waals surface area contributed by atoms with Crippen LogP contribution in [0.4, 0.5) is 0 Å². The normalized spacial score (nSPS) is 10.2. The van der Waals surface area contributed by atoms with E-state index < -0.39 is 0 Å². The molecule has 0 saturated carbocycles. The predicted octanol–water partition coefficient (Wildman–Crippen LogP) is 2.46. The molecule has 1 heteroatoms. The first-order valence-electron chi connectivity index (χ1n) is 4.01. The monoisotopic (exact) mass is 137 g/mol. The molecule has 0 atom stereocenters. The number of aryl methyl sites for hydroxylation is 2. The highest BCUT2D eigenvalue weighted by Gasteiger charge is 1.91. The maximum absolute atomic E-state index is 2.25. The summed E-state index contributed by atoms with van der Waals surface area (Å²) in [7, 11) is 0. The molecule has 10 heavy (non-hydrogen) atoms. The average molecular weight is 137 g/mol. The molecule has 0 amide bonds. The molecular formula is C9H15N. The summed E-state index contributed by atoms with van der Waals surface area (Å²) in [6.07, 6.45) is 6.75. The second-order valence-electron chi connectivity index (χ2n) is 2.61. The van der Waals surface area contributed by atoms with E-state index in [1.54, 1.807) is 0 Å². The van der Waals surface area contributed by atoms with Crippen LogP contribution in [0.25, 0.3) is 0 Å². The van der Waals surface area contributed by atoms with Gasteiger partial charge in [0, 0.05) is 18.9 Å². The van der Waals surface area contributed by atoms with Crippen LogP contribution >= 0.6 is 0 Å². The maximum atomic E-state index is 2.25. The van der Waals surface area contributed by atoms with Crippen LogP contribution in [0.5, 0.6) is 0 Å². The third kappa shape index (κ3) is 1.63. The third-order valence-electron chi connectivity index (χ3n) is 1.70. The minimum absolute atomic E-state index is 1.15. The van der Waals surface area contributed by atoms with E-state index in [0.29, 0.717) is 0 Å². The molecule has 0 saturated heterocycles. The van der Waals surface area contributed by atoms with E-state index in [0.717, 1.165) is 13.0 Å². The topological polar surface area (TPSA) is 4.93 Å². The van der Waals surface area contributed by atoms with Crippen LogP contribution in [-0.4, -0.2) is 4.57 Å². The van der Waals surface area contributed by atoms with E-state index in [4.69, 9.17) is 0 Å². The van der Waals surface area contributed by atoms with Crippen LogP contribution in [0, 0.1) is 0 Å². The van der Waals surface area contributed by atoms with Crippen LogP contribution in [0.1, 0.15) is 25.8 Å². The molecule has 0 unspecified atom stereocenters. The minimum Gasteiger partial charge on any atom is -0.354 e. The van der Waals surface area contributed by atoms with Crippen LogP contribution < -0.4 is 0 Å². The van der Waals surface area contributed by atoms with Crippen molar-refractivity contribution >= 4 is 0 Å². The molecule has 0 aliphatic heterocycles. The van der Waals surface area contributed by atoms with Gasteiger partial charge in [0.15, 0.2) is 0 Å². The lowest BCUT2D eigenvalue weighted by Crippen LogP contribution is -1.90. The van der Waals surface area contributed by atoms with E-state index >= 15 is 0 Å². The Hall–Kier alpha value is -0.720. The smallest absolute Gasteiger partial charge is 0.0217 e. The molecule has 1 nitrogen and oxygen atoms in total. The zero-order valence-corrected chi connectivity index (χ0v) is 6.80. The van der Waals surface area contributed by atoms with Crippen molar-refractivity contribution in [3.05, 3.63) is 24.0 Å². The largest absolute Gasteiger partial charge is 0.354 e. The first kappa shape index (κ1) is 7.39. The summed E-state index contributed by atoms with van der Waals surface area (Å²) in [6.45, 7) is 5.54. The van der Waals surface area contributed by atoms with Crippen molar-refractivity contribution in [1.29, 1.82) is 0 Å². The number of rotatable bonds is 3. The van der Waals surface area contributed by atoms with Gasteiger partial charge in [-0.3, -0.25) is 0 Å². The summed E-state index contributed by atoms with van der Waals surface area (Å²) in [6, 6.07) is 2.19. The van der Waals surface area contributed by atoms with Gasteiger partial charge in [-0.05, 0) is 24.5 Å². The number of nitrogens with zero attached hydrogens (tertiary/aromatic N) is 1. The zero-order valence-electron chi connectivity index (χ0n) is 6.80. The van der Waals surface area contributed by atoms with Crippen molar-refractivity contribution in [1.82, 2.24) is 4.57 Å². The first-order valence-corrected chi connectivity index (χ1v) is 4.01. The number of hydrogen-bond acceptors (Lipinski definition) is 0. The summed E-state index contributed by atoms with van der Waals surface area (Å²) in [5.74, 6) is 0. The fourth-order valence-corrected chi connectivity index (χ4v) is 1.10. The minimum atomic E-state index is 1.15. The highest BCUT2D eigenvalue weighted by atomic mass is 14.9. The molecule has 0 bridgehead atoms. The Morgan fingerprint density at radius 2 is 2.20 bits per heavy atom. The molecular weight excluding hydrogens is 122 g/mol. The Morgan fingerprint density at radius 3 is 2.70 bits per heavy atom. The highest BCUT2D eigenvalue weighted by Crippen LogP contribution is 2.01. The Kier molecular flexibility index (Phi) is 2.55. The molecule has 0 radical (unpaired) electrons. The molecule has 0 aliphatic carbocycles. The molecule has 0 aliphatic rings. The summed E-state index contributed by atoms with van der Waals surface area (Å²) < 4.78 is 2.25. The maximum Gasteiger partial charge on any atom is 0.0217 e. The Balaban J connectivity index is 2.59. The summed E-state index contributed by atoms with van der Waals surface area (Å²) >= 11 is 0. The quantitative estimate of drug-likeness (QED) is 0.603. The van der Waals surface area contributed by atoms with E-state index in [9.17, 15) is 0 Å². The van der Waals surface area contributed by atoms with Crippen molar-refractivity contribution in [2.45, 2.75) is 33.2 Å². The standard InChI is InChI=1S/C9H15N/c1-3-6-10-7-5-9(4-2)8-10/h5,7-8H,3-4,6H2,1-2H3.